The molecule has 0 spiro atoms. The van der Waals surface area contributed by atoms with Gasteiger partial charge in [-0.15, -0.1) is 0 Å². The number of benzene rings is 1. The predicted octanol–water partition coefficient (Wildman–Crippen LogP) is 1.92. The number of hydrogen-bond acceptors (Lipinski definition) is 3. The lowest BCUT2D eigenvalue weighted by Crippen LogP contribution is -2.36. The first-order valence-electron chi connectivity index (χ1n) is 6.87. The number of H-pyrrole nitrogens is 1. The summed E-state index contributed by atoms with van der Waals surface area (Å²) in [5, 5.41) is 9.16. The van der Waals surface area contributed by atoms with Crippen molar-refractivity contribution in [2.45, 2.75) is 6.92 Å². The predicted molar refractivity (Wildman–Crippen MR) is 92.8 cm³/mol. The number of para-hydroxylation sites is 1. The van der Waals surface area contributed by atoms with Crippen molar-refractivity contribution in [2.75, 3.05) is 27.2 Å². The highest BCUT2D eigenvalue weighted by molar-refractivity contribution is 7.80. The number of hydrazone groups is 1. The SMILES string of the molecule is C/C(=N/NC(=S)NCCN(C)C)c1c[nH]c2ccccc12. The molecule has 0 aliphatic rings. The normalized spacial score (nSPS) is 11.9. The maximum atomic E-state index is 5.19. The summed E-state index contributed by atoms with van der Waals surface area (Å²) >= 11 is 5.19. The smallest absolute Gasteiger partial charge is 0.187 e. The van der Waals surface area contributed by atoms with E-state index in [-0.39, 0.29) is 0 Å². The Balaban J connectivity index is 1.96. The number of fused-ring (bicyclic) bond motifs is 1. The lowest BCUT2D eigenvalue weighted by molar-refractivity contribution is 0.412. The summed E-state index contributed by atoms with van der Waals surface area (Å²) < 4.78 is 0. The highest BCUT2D eigenvalue weighted by Gasteiger charge is 2.05. The van der Waals surface area contributed by atoms with Crippen LogP contribution in [0.25, 0.3) is 10.9 Å². The Morgan fingerprint density at radius 2 is 2.10 bits per heavy atom. The summed E-state index contributed by atoms with van der Waals surface area (Å²) in [4.78, 5) is 5.33. The average molecular weight is 303 g/mol. The molecular formula is C15H21N5S. The first-order chi connectivity index (χ1) is 10.1. The maximum absolute atomic E-state index is 5.19. The Morgan fingerprint density at radius 1 is 1.33 bits per heavy atom. The van der Waals surface area contributed by atoms with Gasteiger partial charge in [-0.3, -0.25) is 5.43 Å². The monoisotopic (exact) mass is 303 g/mol. The van der Waals surface area contributed by atoms with E-state index in [9.17, 15) is 0 Å². The summed E-state index contributed by atoms with van der Waals surface area (Å²) in [6.07, 6.45) is 1.97. The molecule has 5 nitrogen and oxygen atoms in total. The second kappa shape index (κ2) is 7.19. The summed E-state index contributed by atoms with van der Waals surface area (Å²) in [6, 6.07) is 8.16. The van der Waals surface area contributed by atoms with Crippen molar-refractivity contribution in [2.24, 2.45) is 5.10 Å². The van der Waals surface area contributed by atoms with Gasteiger partial charge in [-0.2, -0.15) is 5.10 Å². The summed E-state index contributed by atoms with van der Waals surface area (Å²) in [6.45, 7) is 3.68. The van der Waals surface area contributed by atoms with Gasteiger partial charge in [0.05, 0.1) is 5.71 Å². The molecule has 0 aliphatic heterocycles. The van der Waals surface area contributed by atoms with Crippen molar-refractivity contribution in [3.05, 3.63) is 36.0 Å². The topological polar surface area (TPSA) is 55.5 Å². The van der Waals surface area contributed by atoms with Crippen LogP contribution >= 0.6 is 12.2 Å². The molecule has 0 saturated carbocycles. The fraction of sp³-hybridized carbons (Fsp3) is 0.333. The molecule has 1 aromatic carbocycles. The Labute approximate surface area is 130 Å². The van der Waals surface area contributed by atoms with Crippen molar-refractivity contribution in [3.63, 3.8) is 0 Å². The summed E-state index contributed by atoms with van der Waals surface area (Å²) in [5.41, 5.74) is 5.96. The Bertz CT molecular complexity index is 644. The third-order valence-electron chi connectivity index (χ3n) is 3.15. The number of thiocarbonyl (C=S) groups is 1. The van der Waals surface area contributed by atoms with Crippen LogP contribution in [-0.4, -0.2) is 47.9 Å². The lowest BCUT2D eigenvalue weighted by Gasteiger charge is -2.11. The molecule has 0 amide bonds. The van der Waals surface area contributed by atoms with Crippen LogP contribution in [0.1, 0.15) is 12.5 Å². The van der Waals surface area contributed by atoms with Gasteiger partial charge < -0.3 is 15.2 Å². The van der Waals surface area contributed by atoms with Gasteiger partial charge in [-0.1, -0.05) is 18.2 Å². The molecule has 2 aromatic rings. The Hall–Kier alpha value is -1.92. The summed E-state index contributed by atoms with van der Waals surface area (Å²) in [7, 11) is 4.05. The van der Waals surface area contributed by atoms with Gasteiger partial charge in [0, 0.05) is 35.8 Å². The Kier molecular flexibility index (Phi) is 5.30. The van der Waals surface area contributed by atoms with Gasteiger partial charge in [-0.05, 0) is 39.3 Å². The largest absolute Gasteiger partial charge is 0.360 e. The zero-order chi connectivity index (χ0) is 15.2. The van der Waals surface area contributed by atoms with E-state index in [1.54, 1.807) is 0 Å². The molecule has 21 heavy (non-hydrogen) atoms. The maximum Gasteiger partial charge on any atom is 0.187 e. The second-order valence-electron chi connectivity index (χ2n) is 5.12. The number of nitrogens with zero attached hydrogens (tertiary/aromatic N) is 2. The minimum Gasteiger partial charge on any atom is -0.360 e. The highest BCUT2D eigenvalue weighted by atomic mass is 32.1. The van der Waals surface area contributed by atoms with Crippen LogP contribution in [0.15, 0.2) is 35.6 Å². The summed E-state index contributed by atoms with van der Waals surface area (Å²) in [5.74, 6) is 0. The molecule has 0 radical (unpaired) electrons. The van der Waals surface area contributed by atoms with Crippen molar-refractivity contribution in [1.29, 1.82) is 0 Å². The van der Waals surface area contributed by atoms with E-state index in [1.807, 2.05) is 45.4 Å². The minimum atomic E-state index is 0.538. The molecule has 1 aromatic heterocycles. The van der Waals surface area contributed by atoms with Gasteiger partial charge in [0.2, 0.25) is 0 Å². The molecule has 0 atom stereocenters. The zero-order valence-corrected chi connectivity index (χ0v) is 13.4. The fourth-order valence-corrected chi connectivity index (χ4v) is 2.15. The number of likely N-dealkylation sites (N-methyl/N-ethyl adjacent to an activating group) is 1. The van der Waals surface area contributed by atoms with E-state index < -0.39 is 0 Å². The first-order valence-corrected chi connectivity index (χ1v) is 7.28. The molecule has 1 heterocycles. The van der Waals surface area contributed by atoms with E-state index >= 15 is 0 Å². The van der Waals surface area contributed by atoms with Gasteiger partial charge in [-0.25, -0.2) is 0 Å². The van der Waals surface area contributed by atoms with E-state index in [0.29, 0.717) is 5.11 Å². The molecule has 0 fully saturated rings. The van der Waals surface area contributed by atoms with Gasteiger partial charge in [0.1, 0.15) is 0 Å². The average Bonchev–Trinajstić information content (AvgIpc) is 2.88. The third kappa shape index (κ3) is 4.27. The number of nitrogens with one attached hydrogen (secondary N) is 3. The van der Waals surface area contributed by atoms with E-state index in [2.05, 4.69) is 31.8 Å². The van der Waals surface area contributed by atoms with Crippen LogP contribution in [0, 0.1) is 0 Å². The number of hydrogen-bond donors (Lipinski definition) is 3. The van der Waals surface area contributed by atoms with Crippen molar-refractivity contribution >= 4 is 33.9 Å². The standard InChI is InChI=1S/C15H21N5S/c1-11(18-19-15(21)16-8-9-20(2)3)13-10-17-14-7-5-4-6-12(13)14/h4-7,10,17H,8-9H2,1-3H3,(H2,16,19,21)/b18-11-. The van der Waals surface area contributed by atoms with Crippen molar-refractivity contribution in [1.82, 2.24) is 20.6 Å². The van der Waals surface area contributed by atoms with Crippen LogP contribution in [0.5, 0.6) is 0 Å². The first kappa shape index (κ1) is 15.5. The molecule has 6 heteroatoms. The van der Waals surface area contributed by atoms with Gasteiger partial charge >= 0.3 is 0 Å². The van der Waals surface area contributed by atoms with E-state index in [4.69, 9.17) is 12.2 Å². The van der Waals surface area contributed by atoms with Crippen LogP contribution in [0.3, 0.4) is 0 Å². The van der Waals surface area contributed by atoms with E-state index in [1.165, 1.54) is 0 Å². The van der Waals surface area contributed by atoms with Crippen molar-refractivity contribution in [3.8, 4) is 0 Å². The molecule has 0 aliphatic carbocycles. The molecular weight excluding hydrogens is 282 g/mol. The minimum absolute atomic E-state index is 0.538. The molecule has 3 N–H and O–H groups in total. The molecule has 0 bridgehead atoms. The fourth-order valence-electron chi connectivity index (χ4n) is 2.00. The van der Waals surface area contributed by atoms with Gasteiger partial charge in [0.15, 0.2) is 5.11 Å². The molecule has 0 saturated heterocycles. The number of aromatic nitrogens is 1. The molecule has 112 valence electrons. The van der Waals surface area contributed by atoms with Crippen LogP contribution in [0.4, 0.5) is 0 Å². The second-order valence-corrected chi connectivity index (χ2v) is 5.52. The quantitative estimate of drug-likeness (QED) is 0.449. The zero-order valence-electron chi connectivity index (χ0n) is 12.6. The highest BCUT2D eigenvalue weighted by Crippen LogP contribution is 2.18. The number of aromatic amines is 1. The third-order valence-corrected chi connectivity index (χ3v) is 3.38. The van der Waals surface area contributed by atoms with E-state index in [0.717, 1.165) is 35.3 Å². The van der Waals surface area contributed by atoms with Crippen LogP contribution < -0.4 is 10.7 Å². The Morgan fingerprint density at radius 3 is 2.86 bits per heavy atom. The van der Waals surface area contributed by atoms with Gasteiger partial charge in [0.25, 0.3) is 0 Å². The van der Waals surface area contributed by atoms with Crippen LogP contribution in [-0.2, 0) is 0 Å². The number of rotatable bonds is 5. The lowest BCUT2D eigenvalue weighted by atomic mass is 10.1. The molecule has 0 unspecified atom stereocenters. The van der Waals surface area contributed by atoms with Crippen LogP contribution in [0.2, 0.25) is 0 Å². The van der Waals surface area contributed by atoms with Crippen molar-refractivity contribution < 1.29 is 0 Å². The molecule has 2 rings (SSSR count).